The van der Waals surface area contributed by atoms with Crippen LogP contribution in [0.5, 0.6) is 5.75 Å². The van der Waals surface area contributed by atoms with Gasteiger partial charge in [0.15, 0.2) is 17.2 Å². The number of carbonyl (C=O) groups is 2. The van der Waals surface area contributed by atoms with Crippen LogP contribution in [0.2, 0.25) is 0 Å². The highest BCUT2D eigenvalue weighted by molar-refractivity contribution is 6.00. The molecule has 0 unspecified atom stereocenters. The molecule has 1 aromatic carbocycles. The first-order chi connectivity index (χ1) is 13.8. The second kappa shape index (κ2) is 7.07. The van der Waals surface area contributed by atoms with E-state index in [0.717, 1.165) is 12.1 Å². The summed E-state index contributed by atoms with van der Waals surface area (Å²) in [6, 6.07) is 2.79. The zero-order chi connectivity index (χ0) is 20.9. The molecule has 2 aliphatic heterocycles. The van der Waals surface area contributed by atoms with Crippen molar-refractivity contribution in [2.24, 2.45) is 0 Å². The lowest BCUT2D eigenvalue weighted by Crippen LogP contribution is -2.49. The number of benzene rings is 1. The largest absolute Gasteiger partial charge is 0.503 e. The van der Waals surface area contributed by atoms with Gasteiger partial charge in [-0.15, -0.1) is 0 Å². The van der Waals surface area contributed by atoms with Crippen LogP contribution in [0.25, 0.3) is 0 Å². The van der Waals surface area contributed by atoms with Crippen molar-refractivity contribution in [1.29, 1.82) is 0 Å². The van der Waals surface area contributed by atoms with Gasteiger partial charge in [0, 0.05) is 25.2 Å². The van der Waals surface area contributed by atoms with Gasteiger partial charge in [0.2, 0.25) is 5.43 Å². The Balaban J connectivity index is 1.62. The Bertz CT molecular complexity index is 1080. The number of rotatable bonds is 4. The summed E-state index contributed by atoms with van der Waals surface area (Å²) in [7, 11) is 0. The van der Waals surface area contributed by atoms with Gasteiger partial charge >= 0.3 is 0 Å². The van der Waals surface area contributed by atoms with E-state index in [1.54, 1.807) is 6.92 Å². The van der Waals surface area contributed by atoms with Crippen LogP contribution in [0.15, 0.2) is 29.2 Å². The first kappa shape index (κ1) is 19.3. The van der Waals surface area contributed by atoms with E-state index in [1.165, 1.54) is 21.7 Å². The molecule has 1 N–H and O–H groups in total. The highest BCUT2D eigenvalue weighted by atomic mass is 19.1. The Kier molecular flexibility index (Phi) is 4.70. The van der Waals surface area contributed by atoms with Crippen LogP contribution in [0.3, 0.4) is 0 Å². The molecule has 1 amide bonds. The van der Waals surface area contributed by atoms with E-state index in [2.05, 4.69) is 0 Å². The molecule has 7 nitrogen and oxygen atoms in total. The summed E-state index contributed by atoms with van der Waals surface area (Å²) < 4.78 is 33.6. The molecule has 9 heteroatoms. The lowest BCUT2D eigenvalue weighted by molar-refractivity contribution is 0.0303. The fraction of sp³-hybridized carbons (Fsp3) is 0.350. The number of nitrogens with zero attached hydrogens (tertiary/aromatic N) is 2. The zero-order valence-electron chi connectivity index (χ0n) is 15.5. The number of ketones is 1. The summed E-state index contributed by atoms with van der Waals surface area (Å²) in [4.78, 5) is 39.3. The Morgan fingerprint density at radius 1 is 1.31 bits per heavy atom. The van der Waals surface area contributed by atoms with Crippen LogP contribution in [0, 0.1) is 11.6 Å². The number of carbonyl (C=O) groups excluding carboxylic acids is 2. The van der Waals surface area contributed by atoms with Crippen LogP contribution >= 0.6 is 0 Å². The van der Waals surface area contributed by atoms with Gasteiger partial charge in [0.1, 0.15) is 17.9 Å². The third kappa shape index (κ3) is 3.21. The lowest BCUT2D eigenvalue weighted by Gasteiger charge is -2.33. The van der Waals surface area contributed by atoms with Gasteiger partial charge in [-0.25, -0.2) is 8.78 Å². The number of Topliss-reactive ketones (excluding diaryl/α,β-unsaturated/α-hetero) is 1. The van der Waals surface area contributed by atoms with E-state index in [1.807, 2.05) is 0 Å². The number of hydrogen-bond donors (Lipinski definition) is 1. The SMILES string of the molecule is C[C@H]1OC[C@@H]2Cn3cc(C(=O)CCc4ccc(F)cc4F)c(=O)c(O)c3C(=O)N21. The second-order valence-corrected chi connectivity index (χ2v) is 7.18. The molecule has 2 atom stereocenters. The Hall–Kier alpha value is -3.07. The van der Waals surface area contributed by atoms with Gasteiger partial charge in [-0.2, -0.15) is 0 Å². The maximum absolute atomic E-state index is 13.8. The van der Waals surface area contributed by atoms with Crippen LogP contribution < -0.4 is 5.43 Å². The van der Waals surface area contributed by atoms with Gasteiger partial charge in [-0.05, 0) is 25.0 Å². The molecule has 2 aliphatic rings. The average molecular weight is 404 g/mol. The van der Waals surface area contributed by atoms with Crippen molar-refractivity contribution in [3.63, 3.8) is 0 Å². The number of ether oxygens (including phenoxy) is 1. The Morgan fingerprint density at radius 3 is 2.79 bits per heavy atom. The monoisotopic (exact) mass is 404 g/mol. The molecule has 4 rings (SSSR count). The third-order valence-electron chi connectivity index (χ3n) is 5.35. The number of fused-ring (bicyclic) bond motifs is 2. The maximum atomic E-state index is 13.8. The number of hydrogen-bond acceptors (Lipinski definition) is 5. The minimum atomic E-state index is -0.944. The number of pyridine rings is 1. The van der Waals surface area contributed by atoms with E-state index in [9.17, 15) is 28.3 Å². The van der Waals surface area contributed by atoms with Crippen molar-refractivity contribution in [2.75, 3.05) is 6.61 Å². The smallest absolute Gasteiger partial charge is 0.276 e. The maximum Gasteiger partial charge on any atom is 0.276 e. The molecule has 2 aromatic rings. The Labute approximate surface area is 164 Å². The number of amides is 1. The molecule has 152 valence electrons. The molecular formula is C20H18F2N2O5. The standard InChI is InChI=1S/C20H18F2N2O5/c1-10-24-13(9-29-10)7-23-8-14(18(26)19(27)17(23)20(24)28)16(25)5-3-11-2-4-12(21)6-15(11)22/h2,4,6,8,10,13,27H,3,5,7,9H2,1H3/t10-,13+/m1/s1. The average Bonchev–Trinajstić information content (AvgIpc) is 3.04. The van der Waals surface area contributed by atoms with Gasteiger partial charge in [-0.1, -0.05) is 6.07 Å². The molecule has 1 saturated heterocycles. The molecule has 1 fully saturated rings. The summed E-state index contributed by atoms with van der Waals surface area (Å²) in [5, 5.41) is 10.3. The molecule has 0 bridgehead atoms. The van der Waals surface area contributed by atoms with Crippen molar-refractivity contribution in [2.45, 2.75) is 38.6 Å². The van der Waals surface area contributed by atoms with Crippen LogP contribution in [-0.2, 0) is 17.7 Å². The van der Waals surface area contributed by atoms with Crippen LogP contribution in [-0.4, -0.2) is 45.1 Å². The van der Waals surface area contributed by atoms with E-state index in [-0.39, 0.29) is 42.2 Å². The predicted molar refractivity (Wildman–Crippen MR) is 96.7 cm³/mol. The van der Waals surface area contributed by atoms with Crippen molar-refractivity contribution in [3.05, 3.63) is 63.1 Å². The van der Waals surface area contributed by atoms with E-state index in [4.69, 9.17) is 4.74 Å². The number of aromatic hydroxyl groups is 1. The molecule has 0 spiro atoms. The van der Waals surface area contributed by atoms with Gasteiger partial charge in [0.25, 0.3) is 5.91 Å². The topological polar surface area (TPSA) is 88.8 Å². The van der Waals surface area contributed by atoms with E-state index >= 15 is 0 Å². The van der Waals surface area contributed by atoms with E-state index < -0.39 is 40.7 Å². The fourth-order valence-corrected chi connectivity index (χ4v) is 3.85. The number of halogens is 2. The quantitative estimate of drug-likeness (QED) is 0.786. The second-order valence-electron chi connectivity index (χ2n) is 7.18. The zero-order valence-corrected chi connectivity index (χ0v) is 15.5. The van der Waals surface area contributed by atoms with E-state index in [0.29, 0.717) is 6.61 Å². The fourth-order valence-electron chi connectivity index (χ4n) is 3.85. The molecule has 0 radical (unpaired) electrons. The molecule has 0 aliphatic carbocycles. The Morgan fingerprint density at radius 2 is 2.07 bits per heavy atom. The van der Waals surface area contributed by atoms with Gasteiger partial charge < -0.3 is 19.3 Å². The summed E-state index contributed by atoms with van der Waals surface area (Å²) in [5.41, 5.74) is -1.25. The summed E-state index contributed by atoms with van der Waals surface area (Å²) >= 11 is 0. The third-order valence-corrected chi connectivity index (χ3v) is 5.35. The summed E-state index contributed by atoms with van der Waals surface area (Å²) in [6.45, 7) is 2.29. The molecular weight excluding hydrogens is 386 g/mol. The first-order valence-electron chi connectivity index (χ1n) is 9.15. The highest BCUT2D eigenvalue weighted by Gasteiger charge is 2.42. The van der Waals surface area contributed by atoms with Crippen LogP contribution in [0.1, 0.15) is 39.8 Å². The highest BCUT2D eigenvalue weighted by Crippen LogP contribution is 2.29. The minimum absolute atomic E-state index is 0.0341. The summed E-state index contributed by atoms with van der Waals surface area (Å²) in [5.74, 6) is -3.42. The van der Waals surface area contributed by atoms with Crippen LogP contribution in [0.4, 0.5) is 8.78 Å². The number of aromatic nitrogens is 1. The van der Waals surface area contributed by atoms with Gasteiger partial charge in [-0.3, -0.25) is 14.4 Å². The first-order valence-corrected chi connectivity index (χ1v) is 9.15. The van der Waals surface area contributed by atoms with Gasteiger partial charge in [0.05, 0.1) is 18.2 Å². The molecule has 3 heterocycles. The molecule has 0 saturated carbocycles. The van der Waals surface area contributed by atoms with Crippen molar-refractivity contribution < 1.29 is 28.2 Å². The number of aryl methyl sites for hydroxylation is 1. The predicted octanol–water partition coefficient (Wildman–Crippen LogP) is 1.85. The normalized spacial score (nSPS) is 20.5. The molecule has 29 heavy (non-hydrogen) atoms. The van der Waals surface area contributed by atoms with Crippen molar-refractivity contribution in [1.82, 2.24) is 9.47 Å². The minimum Gasteiger partial charge on any atom is -0.503 e. The van der Waals surface area contributed by atoms with Crippen molar-refractivity contribution in [3.8, 4) is 5.75 Å². The van der Waals surface area contributed by atoms with Crippen molar-refractivity contribution >= 4 is 11.7 Å². The molecule has 1 aromatic heterocycles. The lowest BCUT2D eigenvalue weighted by atomic mass is 10.0. The summed E-state index contributed by atoms with van der Waals surface area (Å²) in [6.07, 6.45) is 0.551.